The number of benzene rings is 1. The summed E-state index contributed by atoms with van der Waals surface area (Å²) >= 11 is 12.0. The molecule has 0 saturated carbocycles. The first-order valence-corrected chi connectivity index (χ1v) is 5.38. The first kappa shape index (κ1) is 10.0. The van der Waals surface area contributed by atoms with E-state index in [9.17, 15) is 0 Å². The summed E-state index contributed by atoms with van der Waals surface area (Å²) in [6.07, 6.45) is 3.18. The molecule has 74 valence electrons. The van der Waals surface area contributed by atoms with Crippen molar-refractivity contribution < 1.29 is 0 Å². The molecule has 0 unspecified atom stereocenters. The van der Waals surface area contributed by atoms with Gasteiger partial charge in [-0.05, 0) is 42.3 Å². The number of nitrogens with one attached hydrogen (secondary N) is 1. The Balaban J connectivity index is 2.39. The van der Waals surface area contributed by atoms with E-state index in [-0.39, 0.29) is 0 Å². The van der Waals surface area contributed by atoms with Gasteiger partial charge in [0.05, 0.1) is 0 Å². The van der Waals surface area contributed by atoms with Crippen molar-refractivity contribution in [3.8, 4) is 0 Å². The molecule has 0 spiro atoms. The predicted octanol–water partition coefficient (Wildman–Crippen LogP) is 3.37. The highest BCUT2D eigenvalue weighted by atomic mass is 35.5. The van der Waals surface area contributed by atoms with Gasteiger partial charge in [0.25, 0.3) is 0 Å². The van der Waals surface area contributed by atoms with Crippen LogP contribution in [0.15, 0.2) is 24.3 Å². The molecule has 0 bridgehead atoms. The van der Waals surface area contributed by atoms with Crippen LogP contribution in [-0.2, 0) is 0 Å². The molecule has 0 fully saturated rings. The SMILES string of the molecule is Clc1ccc(Cl)c(C2=CCNCC2)c1. The van der Waals surface area contributed by atoms with Gasteiger partial charge in [0.1, 0.15) is 0 Å². The van der Waals surface area contributed by atoms with Crippen LogP contribution in [0.3, 0.4) is 0 Å². The second kappa shape index (κ2) is 4.35. The maximum Gasteiger partial charge on any atom is 0.0482 e. The molecule has 1 heterocycles. The quantitative estimate of drug-likeness (QED) is 0.776. The van der Waals surface area contributed by atoms with Crippen LogP contribution in [-0.4, -0.2) is 13.1 Å². The summed E-state index contributed by atoms with van der Waals surface area (Å²) in [5, 5.41) is 4.79. The van der Waals surface area contributed by atoms with Crippen LogP contribution in [0, 0.1) is 0 Å². The molecule has 1 aliphatic heterocycles. The molecule has 1 aromatic carbocycles. The van der Waals surface area contributed by atoms with Crippen LogP contribution in [0.5, 0.6) is 0 Å². The van der Waals surface area contributed by atoms with Gasteiger partial charge < -0.3 is 5.32 Å². The fraction of sp³-hybridized carbons (Fsp3) is 0.273. The first-order valence-electron chi connectivity index (χ1n) is 4.62. The first-order chi connectivity index (χ1) is 6.77. The summed E-state index contributed by atoms with van der Waals surface area (Å²) < 4.78 is 0. The molecule has 1 N–H and O–H groups in total. The third kappa shape index (κ3) is 2.11. The van der Waals surface area contributed by atoms with Gasteiger partial charge in [-0.3, -0.25) is 0 Å². The molecule has 2 rings (SSSR count). The van der Waals surface area contributed by atoms with E-state index in [1.807, 2.05) is 18.2 Å². The van der Waals surface area contributed by atoms with Gasteiger partial charge in [-0.25, -0.2) is 0 Å². The second-order valence-corrected chi connectivity index (χ2v) is 4.15. The van der Waals surface area contributed by atoms with E-state index >= 15 is 0 Å². The summed E-state index contributed by atoms with van der Waals surface area (Å²) in [6, 6.07) is 5.60. The Labute approximate surface area is 93.7 Å². The van der Waals surface area contributed by atoms with Gasteiger partial charge >= 0.3 is 0 Å². The Kier molecular flexibility index (Phi) is 3.12. The summed E-state index contributed by atoms with van der Waals surface area (Å²) in [5.74, 6) is 0. The highest BCUT2D eigenvalue weighted by Crippen LogP contribution is 2.29. The number of halogens is 2. The molecule has 0 saturated heterocycles. The van der Waals surface area contributed by atoms with Gasteiger partial charge in [-0.15, -0.1) is 0 Å². The normalized spacial score (nSPS) is 16.6. The largest absolute Gasteiger partial charge is 0.313 e. The van der Waals surface area contributed by atoms with Crippen LogP contribution in [0.1, 0.15) is 12.0 Å². The standard InChI is InChI=1S/C11H11Cl2N/c12-9-1-2-11(13)10(7-9)8-3-5-14-6-4-8/h1-3,7,14H,4-6H2. The summed E-state index contributed by atoms with van der Waals surface area (Å²) in [6.45, 7) is 1.92. The Morgan fingerprint density at radius 2 is 2.07 bits per heavy atom. The van der Waals surface area contributed by atoms with Gasteiger partial charge in [-0.2, -0.15) is 0 Å². The summed E-state index contributed by atoms with van der Waals surface area (Å²) in [4.78, 5) is 0. The van der Waals surface area contributed by atoms with Crippen molar-refractivity contribution in [3.63, 3.8) is 0 Å². The van der Waals surface area contributed by atoms with Crippen molar-refractivity contribution in [2.45, 2.75) is 6.42 Å². The predicted molar refractivity (Wildman–Crippen MR) is 61.9 cm³/mol. The molecule has 3 heteroatoms. The molecular formula is C11H11Cl2N. The van der Waals surface area contributed by atoms with Crippen LogP contribution in [0.4, 0.5) is 0 Å². The monoisotopic (exact) mass is 227 g/mol. The maximum atomic E-state index is 6.11. The smallest absolute Gasteiger partial charge is 0.0482 e. The van der Waals surface area contributed by atoms with Gasteiger partial charge in [0.15, 0.2) is 0 Å². The zero-order valence-electron chi connectivity index (χ0n) is 7.69. The van der Waals surface area contributed by atoms with Crippen molar-refractivity contribution in [2.75, 3.05) is 13.1 Å². The topological polar surface area (TPSA) is 12.0 Å². The second-order valence-electron chi connectivity index (χ2n) is 3.31. The highest BCUT2D eigenvalue weighted by Gasteiger charge is 2.09. The van der Waals surface area contributed by atoms with Crippen LogP contribution in [0.25, 0.3) is 5.57 Å². The number of hydrogen-bond acceptors (Lipinski definition) is 1. The van der Waals surface area contributed by atoms with Crippen molar-refractivity contribution in [3.05, 3.63) is 39.9 Å². The van der Waals surface area contributed by atoms with E-state index in [0.29, 0.717) is 0 Å². The van der Waals surface area contributed by atoms with Crippen molar-refractivity contribution in [2.24, 2.45) is 0 Å². The van der Waals surface area contributed by atoms with Gasteiger partial charge in [-0.1, -0.05) is 29.3 Å². The number of hydrogen-bond donors (Lipinski definition) is 1. The lowest BCUT2D eigenvalue weighted by molar-refractivity contribution is 0.738. The molecule has 0 aromatic heterocycles. The fourth-order valence-electron chi connectivity index (χ4n) is 1.61. The van der Waals surface area contributed by atoms with Crippen LogP contribution >= 0.6 is 23.2 Å². The van der Waals surface area contributed by atoms with Crippen molar-refractivity contribution in [1.82, 2.24) is 5.32 Å². The van der Waals surface area contributed by atoms with E-state index < -0.39 is 0 Å². The molecular weight excluding hydrogens is 217 g/mol. The lowest BCUT2D eigenvalue weighted by Crippen LogP contribution is -2.20. The van der Waals surface area contributed by atoms with Crippen molar-refractivity contribution >= 4 is 28.8 Å². The van der Waals surface area contributed by atoms with Crippen molar-refractivity contribution in [1.29, 1.82) is 0 Å². The maximum absolute atomic E-state index is 6.11. The van der Waals surface area contributed by atoms with Gasteiger partial charge in [0, 0.05) is 16.6 Å². The van der Waals surface area contributed by atoms with Crippen LogP contribution < -0.4 is 5.32 Å². The molecule has 14 heavy (non-hydrogen) atoms. The molecule has 0 atom stereocenters. The van der Waals surface area contributed by atoms with Gasteiger partial charge in [0.2, 0.25) is 0 Å². The van der Waals surface area contributed by atoms with E-state index in [2.05, 4.69) is 11.4 Å². The minimum Gasteiger partial charge on any atom is -0.313 e. The van der Waals surface area contributed by atoms with E-state index in [0.717, 1.165) is 35.1 Å². The Morgan fingerprint density at radius 3 is 2.79 bits per heavy atom. The minimum atomic E-state index is 0.740. The summed E-state index contributed by atoms with van der Waals surface area (Å²) in [5.41, 5.74) is 2.36. The van der Waals surface area contributed by atoms with E-state index in [4.69, 9.17) is 23.2 Å². The fourth-order valence-corrected chi connectivity index (χ4v) is 2.02. The molecule has 1 aromatic rings. The van der Waals surface area contributed by atoms with E-state index in [1.165, 1.54) is 5.57 Å². The molecule has 0 amide bonds. The molecule has 0 radical (unpaired) electrons. The third-order valence-electron chi connectivity index (χ3n) is 2.34. The summed E-state index contributed by atoms with van der Waals surface area (Å²) in [7, 11) is 0. The Hall–Kier alpha value is -0.500. The Morgan fingerprint density at radius 1 is 1.21 bits per heavy atom. The lowest BCUT2D eigenvalue weighted by atomic mass is 10.0. The molecule has 0 aliphatic carbocycles. The third-order valence-corrected chi connectivity index (χ3v) is 2.90. The number of rotatable bonds is 1. The zero-order chi connectivity index (χ0) is 9.97. The minimum absolute atomic E-state index is 0.740. The average molecular weight is 228 g/mol. The lowest BCUT2D eigenvalue weighted by Gasteiger charge is -2.15. The molecule has 1 nitrogen and oxygen atoms in total. The highest BCUT2D eigenvalue weighted by molar-refractivity contribution is 6.34. The average Bonchev–Trinajstić information content (AvgIpc) is 2.23. The van der Waals surface area contributed by atoms with Crippen LogP contribution in [0.2, 0.25) is 10.0 Å². The Bertz CT molecular complexity index is 372. The molecule has 1 aliphatic rings. The zero-order valence-corrected chi connectivity index (χ0v) is 9.20. The van der Waals surface area contributed by atoms with E-state index in [1.54, 1.807) is 0 Å².